The number of hydrogen-bond acceptors (Lipinski definition) is 3. The molecule has 0 aliphatic carbocycles. The second kappa shape index (κ2) is 3.08. The molecule has 3 nitrogen and oxygen atoms in total. The molecular formula is C4H9N3. The van der Waals surface area contributed by atoms with Crippen LogP contribution in [-0.2, 0) is 0 Å². The van der Waals surface area contributed by atoms with E-state index in [1.165, 1.54) is 18.5 Å². The summed E-state index contributed by atoms with van der Waals surface area (Å²) in [6.07, 6.45) is 4.13. The van der Waals surface area contributed by atoms with Crippen LogP contribution in [0, 0.1) is 0 Å². The van der Waals surface area contributed by atoms with Gasteiger partial charge in [-0.3, -0.25) is 0 Å². The average Bonchev–Trinajstić information content (AvgIpc) is 1.68. The molecular weight excluding hydrogens is 90.1 g/mol. The zero-order valence-electron chi connectivity index (χ0n) is 3.96. The molecule has 0 aromatic rings. The second-order valence-corrected chi connectivity index (χ2v) is 1.03. The van der Waals surface area contributed by atoms with E-state index in [1.54, 1.807) is 0 Å². The minimum absolute atomic E-state index is 0.475. The lowest BCUT2D eigenvalue weighted by Gasteiger charge is -1.83. The van der Waals surface area contributed by atoms with Gasteiger partial charge in [-0.1, -0.05) is 0 Å². The maximum absolute atomic E-state index is 5.15. The molecule has 0 heterocycles. The molecule has 0 saturated carbocycles. The third-order valence-corrected chi connectivity index (χ3v) is 0.481. The Morgan fingerprint density at radius 3 is 2.00 bits per heavy atom. The van der Waals surface area contributed by atoms with Crippen molar-refractivity contribution < 1.29 is 0 Å². The van der Waals surface area contributed by atoms with Gasteiger partial charge in [-0.15, -0.1) is 0 Å². The fourth-order valence-electron chi connectivity index (χ4n) is 0.167. The predicted octanol–water partition coefficient (Wildman–Crippen LogP) is -0.782. The molecule has 0 radical (unpaired) electrons. The lowest BCUT2D eigenvalue weighted by molar-refractivity contribution is 1.35. The Hall–Kier alpha value is -1.12. The fraction of sp³-hybridized carbons (Fsp3) is 0. The largest absolute Gasteiger partial charge is 0.405 e. The Kier molecular flexibility index (Phi) is 2.59. The van der Waals surface area contributed by atoms with Crippen LogP contribution in [0.5, 0.6) is 0 Å². The first kappa shape index (κ1) is 5.88. The minimum Gasteiger partial charge on any atom is -0.405 e. The first-order valence-corrected chi connectivity index (χ1v) is 1.87. The summed E-state index contributed by atoms with van der Waals surface area (Å²) in [4.78, 5) is 0. The summed E-state index contributed by atoms with van der Waals surface area (Å²) >= 11 is 0. The second-order valence-electron chi connectivity index (χ2n) is 1.03. The summed E-state index contributed by atoms with van der Waals surface area (Å²) in [6, 6.07) is 0. The summed E-state index contributed by atoms with van der Waals surface area (Å²) < 4.78 is 0. The van der Waals surface area contributed by atoms with Gasteiger partial charge in [0, 0.05) is 11.9 Å². The van der Waals surface area contributed by atoms with Crippen LogP contribution in [0.15, 0.2) is 24.2 Å². The highest BCUT2D eigenvalue weighted by Crippen LogP contribution is 1.76. The predicted molar refractivity (Wildman–Crippen MR) is 29.8 cm³/mol. The molecule has 0 bridgehead atoms. The summed E-state index contributed by atoms with van der Waals surface area (Å²) in [5, 5.41) is 0. The maximum Gasteiger partial charge on any atom is 0.0485 e. The molecule has 0 unspecified atom stereocenters. The fourth-order valence-corrected chi connectivity index (χ4v) is 0.167. The maximum atomic E-state index is 5.15. The molecule has 0 amide bonds. The molecule has 0 aliphatic rings. The zero-order valence-corrected chi connectivity index (χ0v) is 3.96. The molecule has 3 heteroatoms. The molecule has 7 heavy (non-hydrogen) atoms. The quantitative estimate of drug-likeness (QED) is 0.377. The first-order valence-electron chi connectivity index (χ1n) is 1.87. The van der Waals surface area contributed by atoms with E-state index in [9.17, 15) is 0 Å². The highest BCUT2D eigenvalue weighted by molar-refractivity contribution is 5.11. The van der Waals surface area contributed by atoms with Crippen molar-refractivity contribution in [2.24, 2.45) is 17.2 Å². The van der Waals surface area contributed by atoms with Crippen LogP contribution in [0.25, 0.3) is 0 Å². The monoisotopic (exact) mass is 99.1 g/mol. The van der Waals surface area contributed by atoms with Gasteiger partial charge in [0.05, 0.1) is 0 Å². The van der Waals surface area contributed by atoms with Crippen LogP contribution in [0.3, 0.4) is 0 Å². The van der Waals surface area contributed by atoms with E-state index in [4.69, 9.17) is 17.2 Å². The molecule has 6 N–H and O–H groups in total. The molecule has 0 atom stereocenters. The van der Waals surface area contributed by atoms with Gasteiger partial charge in [0.1, 0.15) is 0 Å². The first-order chi connectivity index (χ1) is 3.31. The van der Waals surface area contributed by atoms with Crippen molar-refractivity contribution in [1.82, 2.24) is 0 Å². The van der Waals surface area contributed by atoms with Gasteiger partial charge in [-0.2, -0.15) is 0 Å². The normalized spacial score (nSPS) is 12.9. The standard InChI is InChI=1S/C4H9N3/c5-2-1-4(7)3-6/h1-3H,5-7H2. The zero-order chi connectivity index (χ0) is 5.70. The lowest BCUT2D eigenvalue weighted by Crippen LogP contribution is -1.97. The van der Waals surface area contributed by atoms with Crippen LogP contribution < -0.4 is 17.2 Å². The highest BCUT2D eigenvalue weighted by Gasteiger charge is 1.70. The van der Waals surface area contributed by atoms with Gasteiger partial charge in [-0.25, -0.2) is 0 Å². The Morgan fingerprint density at radius 1 is 1.29 bits per heavy atom. The van der Waals surface area contributed by atoms with E-state index in [2.05, 4.69) is 0 Å². The highest BCUT2D eigenvalue weighted by atomic mass is 14.6. The Morgan fingerprint density at radius 2 is 1.86 bits per heavy atom. The van der Waals surface area contributed by atoms with Crippen molar-refractivity contribution in [2.45, 2.75) is 0 Å². The van der Waals surface area contributed by atoms with E-state index in [0.29, 0.717) is 5.70 Å². The molecule has 40 valence electrons. The third-order valence-electron chi connectivity index (χ3n) is 0.481. The number of allylic oxidation sites excluding steroid dienone is 1. The summed E-state index contributed by atoms with van der Waals surface area (Å²) in [5.41, 5.74) is 15.5. The SMILES string of the molecule is NC=CC(N)=CN. The Balaban J connectivity index is 3.58. The van der Waals surface area contributed by atoms with Crippen molar-refractivity contribution in [1.29, 1.82) is 0 Å². The minimum atomic E-state index is 0.475. The number of rotatable bonds is 1. The summed E-state index contributed by atoms with van der Waals surface area (Å²) in [5.74, 6) is 0. The topological polar surface area (TPSA) is 78.1 Å². The summed E-state index contributed by atoms with van der Waals surface area (Å²) in [7, 11) is 0. The third kappa shape index (κ3) is 2.69. The molecule has 0 fully saturated rings. The van der Waals surface area contributed by atoms with Crippen LogP contribution >= 0.6 is 0 Å². The molecule has 0 spiro atoms. The van der Waals surface area contributed by atoms with Crippen molar-refractivity contribution in [3.63, 3.8) is 0 Å². The van der Waals surface area contributed by atoms with Crippen LogP contribution in [-0.4, -0.2) is 0 Å². The summed E-state index contributed by atoms with van der Waals surface area (Å²) in [6.45, 7) is 0. The van der Waals surface area contributed by atoms with Crippen molar-refractivity contribution in [3.05, 3.63) is 24.2 Å². The van der Waals surface area contributed by atoms with E-state index < -0.39 is 0 Å². The van der Waals surface area contributed by atoms with Gasteiger partial charge in [0.2, 0.25) is 0 Å². The molecule has 0 aromatic heterocycles. The van der Waals surface area contributed by atoms with E-state index in [0.717, 1.165) is 0 Å². The molecule has 0 rings (SSSR count). The van der Waals surface area contributed by atoms with E-state index in [-0.39, 0.29) is 0 Å². The van der Waals surface area contributed by atoms with Gasteiger partial charge < -0.3 is 17.2 Å². The van der Waals surface area contributed by atoms with E-state index >= 15 is 0 Å². The van der Waals surface area contributed by atoms with Crippen LogP contribution in [0.1, 0.15) is 0 Å². The number of nitrogens with two attached hydrogens (primary N) is 3. The average molecular weight is 99.1 g/mol. The van der Waals surface area contributed by atoms with Crippen molar-refractivity contribution in [2.75, 3.05) is 0 Å². The number of hydrogen-bond donors (Lipinski definition) is 3. The smallest absolute Gasteiger partial charge is 0.0485 e. The van der Waals surface area contributed by atoms with Crippen LogP contribution in [0.4, 0.5) is 0 Å². The molecule has 0 aromatic carbocycles. The van der Waals surface area contributed by atoms with Gasteiger partial charge in [0.15, 0.2) is 0 Å². The van der Waals surface area contributed by atoms with Crippen molar-refractivity contribution in [3.8, 4) is 0 Å². The Bertz CT molecular complexity index is 93.1. The van der Waals surface area contributed by atoms with Gasteiger partial charge in [-0.05, 0) is 12.3 Å². The molecule has 0 aliphatic heterocycles. The lowest BCUT2D eigenvalue weighted by atomic mass is 10.5. The van der Waals surface area contributed by atoms with Gasteiger partial charge in [0.25, 0.3) is 0 Å². The van der Waals surface area contributed by atoms with Crippen LogP contribution in [0.2, 0.25) is 0 Å². The van der Waals surface area contributed by atoms with E-state index in [1.807, 2.05) is 0 Å². The molecule has 0 saturated heterocycles. The Labute approximate surface area is 42.5 Å². The van der Waals surface area contributed by atoms with Crippen molar-refractivity contribution >= 4 is 0 Å². The van der Waals surface area contributed by atoms with Gasteiger partial charge >= 0.3 is 0 Å².